The van der Waals surface area contributed by atoms with Crippen molar-refractivity contribution < 1.29 is 9.53 Å². The average Bonchev–Trinajstić information content (AvgIpc) is 2.14. The number of halogens is 1. The molecular formula is C8H9BrN4O2. The van der Waals surface area contributed by atoms with Crippen LogP contribution in [-0.2, 0) is 11.3 Å². The van der Waals surface area contributed by atoms with Gasteiger partial charge in [0.25, 0.3) is 0 Å². The molecule has 0 spiro atoms. The fourth-order valence-corrected chi connectivity index (χ4v) is 1.18. The first-order valence-electron chi connectivity index (χ1n) is 3.96. The Kier molecular flexibility index (Phi) is 4.04. The molecule has 1 rings (SSSR count). The lowest BCUT2D eigenvalue weighted by Crippen LogP contribution is -2.24. The molecule has 80 valence electrons. The van der Waals surface area contributed by atoms with E-state index in [0.717, 1.165) is 0 Å². The number of hydrogen-bond acceptors (Lipinski definition) is 3. The van der Waals surface area contributed by atoms with E-state index in [0.29, 0.717) is 10.3 Å². The normalized spacial score (nSPS) is 9.40. The summed E-state index contributed by atoms with van der Waals surface area (Å²) < 4.78 is 5.39. The van der Waals surface area contributed by atoms with Crippen LogP contribution in [0.25, 0.3) is 0 Å². The van der Waals surface area contributed by atoms with Crippen LogP contribution in [-0.4, -0.2) is 17.0 Å². The first kappa shape index (κ1) is 11.4. The smallest absolute Gasteiger partial charge is 0.437 e. The van der Waals surface area contributed by atoms with Crippen molar-refractivity contribution in [3.05, 3.63) is 28.5 Å². The van der Waals surface area contributed by atoms with Gasteiger partial charge in [-0.05, 0) is 28.1 Å². The van der Waals surface area contributed by atoms with Gasteiger partial charge in [-0.2, -0.15) is 0 Å². The molecule has 0 unspecified atom stereocenters. The van der Waals surface area contributed by atoms with E-state index < -0.39 is 6.09 Å². The molecule has 0 aliphatic carbocycles. The molecule has 1 aromatic rings. The lowest BCUT2D eigenvalue weighted by Gasteiger charge is -2.01. The van der Waals surface area contributed by atoms with E-state index in [9.17, 15) is 4.79 Å². The predicted octanol–water partition coefficient (Wildman–Crippen LogP) is 0.754. The van der Waals surface area contributed by atoms with Crippen molar-refractivity contribution in [2.24, 2.45) is 16.5 Å². The van der Waals surface area contributed by atoms with Gasteiger partial charge in [0.15, 0.2) is 5.96 Å². The molecule has 1 aromatic heterocycles. The van der Waals surface area contributed by atoms with E-state index in [1.807, 2.05) is 0 Å². The Bertz CT molecular complexity index is 390. The number of pyridine rings is 1. The summed E-state index contributed by atoms with van der Waals surface area (Å²) in [6, 6.07) is 5.26. The Labute approximate surface area is 94.5 Å². The van der Waals surface area contributed by atoms with Crippen molar-refractivity contribution in [1.82, 2.24) is 4.98 Å². The van der Waals surface area contributed by atoms with E-state index in [-0.39, 0.29) is 12.6 Å². The maximum Gasteiger partial charge on any atom is 0.437 e. The topological polar surface area (TPSA) is 104 Å². The van der Waals surface area contributed by atoms with Crippen molar-refractivity contribution in [2.75, 3.05) is 0 Å². The molecule has 6 nitrogen and oxygen atoms in total. The Balaban J connectivity index is 2.51. The predicted molar refractivity (Wildman–Crippen MR) is 57.9 cm³/mol. The summed E-state index contributed by atoms with van der Waals surface area (Å²) >= 11 is 3.19. The van der Waals surface area contributed by atoms with Gasteiger partial charge in [-0.15, -0.1) is 4.99 Å². The fraction of sp³-hybridized carbons (Fsp3) is 0.125. The number of nitrogens with zero attached hydrogens (tertiary/aromatic N) is 2. The quantitative estimate of drug-likeness (QED) is 0.470. The third-order valence-corrected chi connectivity index (χ3v) is 1.78. The van der Waals surface area contributed by atoms with E-state index in [4.69, 9.17) is 16.2 Å². The third-order valence-electron chi connectivity index (χ3n) is 1.34. The minimum atomic E-state index is -0.836. The number of aliphatic imine (C=N–C) groups is 1. The maximum absolute atomic E-state index is 10.9. The van der Waals surface area contributed by atoms with Gasteiger partial charge in [-0.1, -0.05) is 6.07 Å². The Hall–Kier alpha value is -1.63. The molecule has 4 N–H and O–H groups in total. The number of amides is 1. The van der Waals surface area contributed by atoms with Gasteiger partial charge in [0.1, 0.15) is 11.2 Å². The summed E-state index contributed by atoms with van der Waals surface area (Å²) in [6.45, 7) is 0.0229. The highest BCUT2D eigenvalue weighted by molar-refractivity contribution is 9.10. The molecule has 1 heterocycles. The number of ether oxygens (including phenoxy) is 1. The van der Waals surface area contributed by atoms with Crippen LogP contribution < -0.4 is 11.5 Å². The standard InChI is InChI=1S/C8H9BrN4O2/c9-6-3-1-2-5(12-6)4-15-8(14)13-7(10)11/h1-3H,4H2,(H4,10,11,13,14). The van der Waals surface area contributed by atoms with Crippen molar-refractivity contribution in [3.63, 3.8) is 0 Å². The van der Waals surface area contributed by atoms with Crippen LogP contribution in [0, 0.1) is 0 Å². The van der Waals surface area contributed by atoms with E-state index in [2.05, 4.69) is 25.9 Å². The van der Waals surface area contributed by atoms with Crippen molar-refractivity contribution in [1.29, 1.82) is 0 Å². The molecule has 0 fully saturated rings. The molecule has 1 amide bonds. The highest BCUT2D eigenvalue weighted by Gasteiger charge is 2.02. The van der Waals surface area contributed by atoms with E-state index in [1.165, 1.54) is 0 Å². The van der Waals surface area contributed by atoms with Gasteiger partial charge in [0, 0.05) is 0 Å². The second kappa shape index (κ2) is 5.30. The molecule has 0 aliphatic heterocycles. The van der Waals surface area contributed by atoms with Crippen LogP contribution in [0.3, 0.4) is 0 Å². The Morgan fingerprint density at radius 3 is 2.87 bits per heavy atom. The molecule has 0 saturated carbocycles. The number of nitrogens with two attached hydrogens (primary N) is 2. The molecular weight excluding hydrogens is 264 g/mol. The SMILES string of the molecule is NC(N)=NC(=O)OCc1cccc(Br)n1. The summed E-state index contributed by atoms with van der Waals surface area (Å²) in [6.07, 6.45) is -0.836. The average molecular weight is 273 g/mol. The zero-order valence-corrected chi connectivity index (χ0v) is 9.27. The first-order valence-corrected chi connectivity index (χ1v) is 4.75. The Morgan fingerprint density at radius 2 is 2.27 bits per heavy atom. The summed E-state index contributed by atoms with van der Waals surface area (Å²) in [7, 11) is 0. The van der Waals surface area contributed by atoms with E-state index in [1.54, 1.807) is 18.2 Å². The second-order valence-corrected chi connectivity index (χ2v) is 3.36. The lowest BCUT2D eigenvalue weighted by atomic mass is 10.4. The summed E-state index contributed by atoms with van der Waals surface area (Å²) in [5.41, 5.74) is 10.6. The van der Waals surface area contributed by atoms with Crippen LogP contribution in [0.15, 0.2) is 27.8 Å². The highest BCUT2D eigenvalue weighted by Crippen LogP contribution is 2.07. The van der Waals surface area contributed by atoms with Gasteiger partial charge in [0.2, 0.25) is 0 Å². The first-order chi connectivity index (χ1) is 7.08. The molecule has 0 atom stereocenters. The Morgan fingerprint density at radius 1 is 1.53 bits per heavy atom. The summed E-state index contributed by atoms with van der Waals surface area (Å²) in [5, 5.41) is 0. The number of carbonyl (C=O) groups excluding carboxylic acids is 1. The monoisotopic (exact) mass is 272 g/mol. The number of aromatic nitrogens is 1. The molecule has 0 aliphatic rings. The zero-order valence-electron chi connectivity index (χ0n) is 7.68. The van der Waals surface area contributed by atoms with Gasteiger partial charge >= 0.3 is 6.09 Å². The van der Waals surface area contributed by atoms with Crippen molar-refractivity contribution in [3.8, 4) is 0 Å². The maximum atomic E-state index is 10.9. The number of hydrogen-bond donors (Lipinski definition) is 2. The van der Waals surface area contributed by atoms with Crippen LogP contribution in [0.2, 0.25) is 0 Å². The van der Waals surface area contributed by atoms with E-state index >= 15 is 0 Å². The fourth-order valence-electron chi connectivity index (χ4n) is 0.804. The van der Waals surface area contributed by atoms with Crippen LogP contribution >= 0.6 is 15.9 Å². The third kappa shape index (κ3) is 4.41. The molecule has 0 bridgehead atoms. The second-order valence-electron chi connectivity index (χ2n) is 2.54. The minimum absolute atomic E-state index is 0.0229. The van der Waals surface area contributed by atoms with Crippen LogP contribution in [0.4, 0.5) is 4.79 Å². The molecule has 0 aromatic carbocycles. The highest BCUT2D eigenvalue weighted by atomic mass is 79.9. The molecule has 0 radical (unpaired) electrons. The molecule has 15 heavy (non-hydrogen) atoms. The minimum Gasteiger partial charge on any atom is -0.441 e. The van der Waals surface area contributed by atoms with Gasteiger partial charge in [0.05, 0.1) is 5.69 Å². The zero-order chi connectivity index (χ0) is 11.3. The van der Waals surface area contributed by atoms with Gasteiger partial charge < -0.3 is 16.2 Å². The van der Waals surface area contributed by atoms with Crippen LogP contribution in [0.1, 0.15) is 5.69 Å². The largest absolute Gasteiger partial charge is 0.441 e. The molecule has 7 heteroatoms. The summed E-state index contributed by atoms with van der Waals surface area (Å²) in [4.78, 5) is 18.1. The number of guanidine groups is 1. The van der Waals surface area contributed by atoms with Gasteiger partial charge in [-0.25, -0.2) is 9.78 Å². The lowest BCUT2D eigenvalue weighted by molar-refractivity contribution is 0.149. The number of rotatable bonds is 2. The number of carbonyl (C=O) groups is 1. The van der Waals surface area contributed by atoms with Gasteiger partial charge in [-0.3, -0.25) is 0 Å². The van der Waals surface area contributed by atoms with Crippen molar-refractivity contribution >= 4 is 28.0 Å². The molecule has 0 saturated heterocycles. The van der Waals surface area contributed by atoms with Crippen LogP contribution in [0.5, 0.6) is 0 Å². The van der Waals surface area contributed by atoms with Crippen molar-refractivity contribution in [2.45, 2.75) is 6.61 Å². The summed E-state index contributed by atoms with van der Waals surface area (Å²) in [5.74, 6) is -0.331.